The fourth-order valence-electron chi connectivity index (χ4n) is 3.46. The molecule has 3 aromatic rings. The van der Waals surface area contributed by atoms with Gasteiger partial charge < -0.3 is 10.1 Å². The van der Waals surface area contributed by atoms with E-state index in [0.29, 0.717) is 29.1 Å². The third kappa shape index (κ3) is 7.35. The van der Waals surface area contributed by atoms with Crippen LogP contribution < -0.4 is 10.1 Å². The number of ketones is 1. The molecule has 8 nitrogen and oxygen atoms in total. The van der Waals surface area contributed by atoms with Crippen molar-refractivity contribution < 1.29 is 35.9 Å². The number of amides is 1. The van der Waals surface area contributed by atoms with Crippen LogP contribution in [0.3, 0.4) is 0 Å². The number of Topliss-reactive ketones (excluding diaryl/α,β-unsaturated/α-hetero) is 1. The van der Waals surface area contributed by atoms with Crippen LogP contribution in [0.25, 0.3) is 0 Å². The smallest absolute Gasteiger partial charge is 0.416 e. The van der Waals surface area contributed by atoms with Crippen molar-refractivity contribution in [3.8, 4) is 11.5 Å². The van der Waals surface area contributed by atoms with Gasteiger partial charge in [0.05, 0.1) is 16.7 Å². The Morgan fingerprint density at radius 1 is 1.03 bits per heavy atom. The number of hydrogen-bond donors (Lipinski definition) is 1. The Hall–Kier alpha value is -3.80. The molecule has 0 aliphatic heterocycles. The Morgan fingerprint density at radius 2 is 1.78 bits per heavy atom. The molecule has 1 aliphatic rings. The molecule has 2 heterocycles. The second-order valence-electron chi connectivity index (χ2n) is 8.76. The SMILES string of the molecule is CS(=O)(=O)c1cc(CC(=O)Cc2ccc(Oc3ccnc(NC(=O)C4CC4)c3)cn2)cc(C(F)(F)F)c1. The molecule has 1 amide bonds. The number of sulfone groups is 1. The van der Waals surface area contributed by atoms with Crippen molar-refractivity contribution in [3.05, 3.63) is 71.7 Å². The molecule has 0 atom stereocenters. The first-order chi connectivity index (χ1) is 17.4. The number of hydrogen-bond acceptors (Lipinski definition) is 7. The van der Waals surface area contributed by atoms with E-state index in [9.17, 15) is 31.2 Å². The molecular weight excluding hydrogens is 511 g/mol. The molecule has 0 unspecified atom stereocenters. The Kier molecular flexibility index (Phi) is 7.30. The third-order valence-electron chi connectivity index (χ3n) is 5.47. The van der Waals surface area contributed by atoms with Crippen LogP contribution in [0.1, 0.15) is 29.7 Å². The highest BCUT2D eigenvalue weighted by atomic mass is 32.2. The number of aromatic nitrogens is 2. The molecule has 194 valence electrons. The molecule has 1 N–H and O–H groups in total. The van der Waals surface area contributed by atoms with Gasteiger partial charge in [0.15, 0.2) is 9.84 Å². The van der Waals surface area contributed by atoms with Gasteiger partial charge in [-0.05, 0) is 54.8 Å². The standard InChI is InChI=1S/C25H22F3N3O5S/c1-37(34,35)22-10-15(8-17(11-22)25(26,27)28)9-19(32)12-18-4-5-21(14-30-18)36-20-6-7-29-23(13-20)31-24(33)16-2-3-16/h4-8,10-11,13-14,16H,2-3,9,12H2,1H3,(H,29,31,33). The number of ether oxygens (including phenoxy) is 1. The van der Waals surface area contributed by atoms with Crippen molar-refractivity contribution in [1.82, 2.24) is 9.97 Å². The Labute approximate surface area is 210 Å². The molecule has 0 bridgehead atoms. The van der Waals surface area contributed by atoms with Gasteiger partial charge in [-0.3, -0.25) is 14.6 Å². The minimum absolute atomic E-state index is 0.0288. The fraction of sp³-hybridized carbons (Fsp3) is 0.280. The first-order valence-corrected chi connectivity index (χ1v) is 13.1. The zero-order valence-corrected chi connectivity index (χ0v) is 20.4. The van der Waals surface area contributed by atoms with E-state index in [2.05, 4.69) is 15.3 Å². The summed E-state index contributed by atoms with van der Waals surface area (Å²) in [5, 5.41) is 2.73. The number of pyridine rings is 2. The van der Waals surface area contributed by atoms with Crippen molar-refractivity contribution in [1.29, 1.82) is 0 Å². The number of rotatable bonds is 9. The predicted octanol–water partition coefficient (Wildman–Crippen LogP) is 4.39. The largest absolute Gasteiger partial charge is 0.456 e. The second kappa shape index (κ2) is 10.3. The lowest BCUT2D eigenvalue weighted by Gasteiger charge is -2.11. The summed E-state index contributed by atoms with van der Waals surface area (Å²) < 4.78 is 68.9. The van der Waals surface area contributed by atoms with Gasteiger partial charge in [0.1, 0.15) is 23.1 Å². The maximum absolute atomic E-state index is 13.2. The lowest BCUT2D eigenvalue weighted by Crippen LogP contribution is -2.14. The third-order valence-corrected chi connectivity index (χ3v) is 6.56. The minimum Gasteiger partial charge on any atom is -0.456 e. The Bertz CT molecular complexity index is 1440. The average Bonchev–Trinajstić information content (AvgIpc) is 3.65. The van der Waals surface area contributed by atoms with E-state index in [1.54, 1.807) is 18.2 Å². The molecule has 2 aromatic heterocycles. The molecule has 1 aliphatic carbocycles. The van der Waals surface area contributed by atoms with Crippen molar-refractivity contribution in [2.24, 2.45) is 5.92 Å². The van der Waals surface area contributed by atoms with Crippen LogP contribution in [-0.4, -0.2) is 36.3 Å². The van der Waals surface area contributed by atoms with E-state index in [1.165, 1.54) is 18.5 Å². The van der Waals surface area contributed by atoms with Gasteiger partial charge in [-0.25, -0.2) is 13.4 Å². The van der Waals surface area contributed by atoms with Gasteiger partial charge in [-0.2, -0.15) is 13.2 Å². The van der Waals surface area contributed by atoms with Crippen LogP contribution in [0.4, 0.5) is 19.0 Å². The number of nitrogens with one attached hydrogen (secondary N) is 1. The van der Waals surface area contributed by atoms with E-state index < -0.39 is 38.7 Å². The molecular formula is C25H22F3N3O5S. The number of benzene rings is 1. The van der Waals surface area contributed by atoms with Gasteiger partial charge in [0.25, 0.3) is 0 Å². The molecule has 0 spiro atoms. The summed E-state index contributed by atoms with van der Waals surface area (Å²) in [5.41, 5.74) is -0.827. The number of alkyl halides is 3. The highest BCUT2D eigenvalue weighted by molar-refractivity contribution is 7.90. The molecule has 0 saturated heterocycles. The minimum atomic E-state index is -4.76. The Morgan fingerprint density at radius 3 is 2.41 bits per heavy atom. The molecule has 0 radical (unpaired) electrons. The zero-order valence-electron chi connectivity index (χ0n) is 19.6. The number of carbonyl (C=O) groups is 2. The van der Waals surface area contributed by atoms with E-state index in [-0.39, 0.29) is 23.8 Å². The van der Waals surface area contributed by atoms with E-state index in [0.717, 1.165) is 31.2 Å². The summed E-state index contributed by atoms with van der Waals surface area (Å²) in [6.07, 6.45) is 0.0934. The highest BCUT2D eigenvalue weighted by Crippen LogP contribution is 2.32. The van der Waals surface area contributed by atoms with Crippen molar-refractivity contribution in [2.75, 3.05) is 11.6 Å². The maximum Gasteiger partial charge on any atom is 0.416 e. The molecule has 12 heteroatoms. The van der Waals surface area contributed by atoms with E-state index >= 15 is 0 Å². The maximum atomic E-state index is 13.2. The molecule has 1 fully saturated rings. The summed E-state index contributed by atoms with van der Waals surface area (Å²) >= 11 is 0. The van der Waals surface area contributed by atoms with Crippen molar-refractivity contribution in [2.45, 2.75) is 36.8 Å². The van der Waals surface area contributed by atoms with E-state index in [4.69, 9.17) is 4.74 Å². The van der Waals surface area contributed by atoms with Crippen LogP contribution in [0.2, 0.25) is 0 Å². The topological polar surface area (TPSA) is 115 Å². The first-order valence-electron chi connectivity index (χ1n) is 11.2. The van der Waals surface area contributed by atoms with Crippen molar-refractivity contribution in [3.63, 3.8) is 0 Å². The summed E-state index contributed by atoms with van der Waals surface area (Å²) in [6, 6.07) is 8.68. The van der Waals surface area contributed by atoms with Crippen molar-refractivity contribution >= 4 is 27.3 Å². The molecule has 4 rings (SSSR count). The lowest BCUT2D eigenvalue weighted by molar-refractivity contribution is -0.137. The number of nitrogens with zero attached hydrogens (tertiary/aromatic N) is 2. The molecule has 1 saturated carbocycles. The molecule has 37 heavy (non-hydrogen) atoms. The molecule has 1 aromatic carbocycles. The predicted molar refractivity (Wildman–Crippen MR) is 127 cm³/mol. The lowest BCUT2D eigenvalue weighted by atomic mass is 10.0. The van der Waals surface area contributed by atoms with Crippen LogP contribution in [0.15, 0.2) is 59.8 Å². The summed E-state index contributed by atoms with van der Waals surface area (Å²) in [7, 11) is -3.91. The fourth-order valence-corrected chi connectivity index (χ4v) is 4.17. The van der Waals surface area contributed by atoms with Crippen LogP contribution in [-0.2, 0) is 38.4 Å². The van der Waals surface area contributed by atoms with Crippen LogP contribution >= 0.6 is 0 Å². The van der Waals surface area contributed by atoms with Gasteiger partial charge >= 0.3 is 6.18 Å². The quantitative estimate of drug-likeness (QED) is 0.434. The Balaban J connectivity index is 1.39. The monoisotopic (exact) mass is 533 g/mol. The number of carbonyl (C=O) groups excluding carboxylic acids is 2. The summed E-state index contributed by atoms with van der Waals surface area (Å²) in [5.74, 6) is 0.637. The second-order valence-corrected chi connectivity index (χ2v) is 10.8. The van der Waals surface area contributed by atoms with Gasteiger partial charge in [-0.1, -0.05) is 0 Å². The van der Waals surface area contributed by atoms with Crippen LogP contribution in [0.5, 0.6) is 11.5 Å². The van der Waals surface area contributed by atoms with Gasteiger partial charge in [-0.15, -0.1) is 0 Å². The highest BCUT2D eigenvalue weighted by Gasteiger charge is 2.32. The van der Waals surface area contributed by atoms with Crippen LogP contribution in [0, 0.1) is 5.92 Å². The number of halogens is 3. The van der Waals surface area contributed by atoms with Gasteiger partial charge in [0, 0.05) is 43.0 Å². The normalized spacial score (nSPS) is 13.7. The first kappa shape index (κ1) is 26.3. The zero-order chi connectivity index (χ0) is 26.8. The average molecular weight is 534 g/mol. The number of anilines is 1. The summed E-state index contributed by atoms with van der Waals surface area (Å²) in [6.45, 7) is 0. The summed E-state index contributed by atoms with van der Waals surface area (Å²) in [4.78, 5) is 32.2. The van der Waals surface area contributed by atoms with E-state index in [1.807, 2.05) is 0 Å². The van der Waals surface area contributed by atoms with Gasteiger partial charge in [0.2, 0.25) is 5.91 Å².